The van der Waals surface area contributed by atoms with Crippen LogP contribution in [0.15, 0.2) is 84.3 Å². The van der Waals surface area contributed by atoms with Gasteiger partial charge in [0.1, 0.15) is 0 Å². The number of para-hydroxylation sites is 1. The summed E-state index contributed by atoms with van der Waals surface area (Å²) >= 11 is 1.27. The number of nitrogens with zero attached hydrogens (tertiary/aromatic N) is 4. The number of carbonyl (C=O) groups is 2. The number of hydrogen-bond acceptors (Lipinski definition) is 7. The van der Waals surface area contributed by atoms with Crippen molar-refractivity contribution in [2.45, 2.75) is 12.1 Å². The number of esters is 1. The van der Waals surface area contributed by atoms with Crippen molar-refractivity contribution in [3.8, 4) is 17.1 Å². The van der Waals surface area contributed by atoms with Crippen LogP contribution in [-0.2, 0) is 9.53 Å². The molecule has 33 heavy (non-hydrogen) atoms. The second-order valence-corrected chi connectivity index (χ2v) is 7.80. The summed E-state index contributed by atoms with van der Waals surface area (Å²) in [5.74, 6) is 0.0921. The van der Waals surface area contributed by atoms with Crippen LogP contribution in [0.25, 0.3) is 17.1 Å². The third-order valence-corrected chi connectivity index (χ3v) is 5.49. The molecule has 8 nitrogen and oxygen atoms in total. The van der Waals surface area contributed by atoms with Gasteiger partial charge in [0.05, 0.1) is 17.9 Å². The van der Waals surface area contributed by atoms with Crippen LogP contribution in [0.4, 0.5) is 5.69 Å². The highest BCUT2D eigenvalue weighted by atomic mass is 32.2. The van der Waals surface area contributed by atoms with Gasteiger partial charge >= 0.3 is 5.97 Å². The molecular weight excluding hydrogens is 438 g/mol. The average molecular weight is 460 g/mol. The van der Waals surface area contributed by atoms with Crippen LogP contribution in [0.5, 0.6) is 0 Å². The average Bonchev–Trinajstić information content (AvgIpc) is 3.28. The maximum absolute atomic E-state index is 12.6. The molecule has 0 unspecified atom stereocenters. The molecule has 166 valence electrons. The third kappa shape index (κ3) is 5.45. The minimum absolute atomic E-state index is 0.113. The topological polar surface area (TPSA) is 99.0 Å². The zero-order valence-electron chi connectivity index (χ0n) is 17.8. The van der Waals surface area contributed by atoms with Gasteiger partial charge in [0.15, 0.2) is 11.0 Å². The number of amides is 1. The van der Waals surface area contributed by atoms with Gasteiger partial charge in [0, 0.05) is 29.3 Å². The molecule has 1 amide bonds. The molecule has 2 aromatic heterocycles. The Labute approximate surface area is 195 Å². The second-order valence-electron chi connectivity index (χ2n) is 6.86. The Balaban J connectivity index is 1.51. The largest absolute Gasteiger partial charge is 0.462 e. The molecule has 2 aromatic carbocycles. The predicted octanol–water partition coefficient (Wildman–Crippen LogP) is 4.24. The number of carbonyl (C=O) groups excluding carboxylic acids is 2. The van der Waals surface area contributed by atoms with Crippen molar-refractivity contribution in [3.05, 3.63) is 84.7 Å². The highest BCUT2D eigenvalue weighted by Crippen LogP contribution is 2.27. The zero-order chi connectivity index (χ0) is 23.0. The summed E-state index contributed by atoms with van der Waals surface area (Å²) in [6.45, 7) is 2.03. The first kappa shape index (κ1) is 22.2. The van der Waals surface area contributed by atoms with Crippen LogP contribution in [0.3, 0.4) is 0 Å². The number of hydrogen-bond donors (Lipinski definition) is 1. The van der Waals surface area contributed by atoms with Gasteiger partial charge in [-0.3, -0.25) is 14.3 Å². The van der Waals surface area contributed by atoms with Crippen LogP contribution < -0.4 is 5.32 Å². The van der Waals surface area contributed by atoms with E-state index in [1.54, 1.807) is 43.6 Å². The molecule has 0 fully saturated rings. The molecule has 0 aliphatic rings. The summed E-state index contributed by atoms with van der Waals surface area (Å²) in [7, 11) is 0. The van der Waals surface area contributed by atoms with Gasteiger partial charge < -0.3 is 10.1 Å². The molecule has 0 saturated carbocycles. The quantitative estimate of drug-likeness (QED) is 0.311. The highest BCUT2D eigenvalue weighted by Gasteiger charge is 2.17. The summed E-state index contributed by atoms with van der Waals surface area (Å²) in [6.07, 6.45) is 3.42. The van der Waals surface area contributed by atoms with E-state index in [2.05, 4.69) is 20.5 Å². The number of aromatic nitrogens is 4. The Hall–Kier alpha value is -3.98. The van der Waals surface area contributed by atoms with Gasteiger partial charge in [0.2, 0.25) is 5.91 Å². The van der Waals surface area contributed by atoms with E-state index in [0.717, 1.165) is 11.3 Å². The highest BCUT2D eigenvalue weighted by molar-refractivity contribution is 7.99. The van der Waals surface area contributed by atoms with E-state index in [1.807, 2.05) is 47.0 Å². The lowest BCUT2D eigenvalue weighted by Crippen LogP contribution is -2.15. The summed E-state index contributed by atoms with van der Waals surface area (Å²) in [5, 5.41) is 12.0. The van der Waals surface area contributed by atoms with E-state index in [4.69, 9.17) is 4.74 Å². The van der Waals surface area contributed by atoms with Crippen LogP contribution in [-0.4, -0.2) is 44.0 Å². The number of rotatable bonds is 8. The van der Waals surface area contributed by atoms with Crippen molar-refractivity contribution in [1.82, 2.24) is 19.7 Å². The zero-order valence-corrected chi connectivity index (χ0v) is 18.7. The van der Waals surface area contributed by atoms with E-state index < -0.39 is 5.97 Å². The van der Waals surface area contributed by atoms with Crippen LogP contribution in [0, 0.1) is 0 Å². The van der Waals surface area contributed by atoms with Gasteiger partial charge in [-0.1, -0.05) is 36.0 Å². The molecule has 0 aliphatic heterocycles. The van der Waals surface area contributed by atoms with Gasteiger partial charge in [-0.25, -0.2) is 4.79 Å². The minimum Gasteiger partial charge on any atom is -0.462 e. The van der Waals surface area contributed by atoms with E-state index in [0.29, 0.717) is 22.2 Å². The fourth-order valence-electron chi connectivity index (χ4n) is 3.12. The molecule has 1 N–H and O–H groups in total. The summed E-state index contributed by atoms with van der Waals surface area (Å²) in [5.41, 5.74) is 2.60. The molecule has 0 radical (unpaired) electrons. The monoisotopic (exact) mass is 459 g/mol. The van der Waals surface area contributed by atoms with Crippen molar-refractivity contribution in [2.24, 2.45) is 0 Å². The van der Waals surface area contributed by atoms with Crippen molar-refractivity contribution in [2.75, 3.05) is 17.7 Å². The van der Waals surface area contributed by atoms with Crippen molar-refractivity contribution in [3.63, 3.8) is 0 Å². The maximum atomic E-state index is 12.6. The molecule has 9 heteroatoms. The molecule has 0 spiro atoms. The number of ether oxygens (including phenoxy) is 1. The predicted molar refractivity (Wildman–Crippen MR) is 126 cm³/mol. The Morgan fingerprint density at radius 3 is 2.64 bits per heavy atom. The summed E-state index contributed by atoms with van der Waals surface area (Å²) in [4.78, 5) is 28.7. The van der Waals surface area contributed by atoms with Gasteiger partial charge in [-0.2, -0.15) is 0 Å². The Bertz CT molecular complexity index is 1250. The van der Waals surface area contributed by atoms with E-state index in [1.165, 1.54) is 11.8 Å². The molecule has 0 bridgehead atoms. The minimum atomic E-state index is -0.429. The third-order valence-electron chi connectivity index (χ3n) is 4.56. The molecule has 2 heterocycles. The Kier molecular flexibility index (Phi) is 7.11. The number of anilines is 1. The first-order valence-corrected chi connectivity index (χ1v) is 11.3. The van der Waals surface area contributed by atoms with Gasteiger partial charge in [-0.15, -0.1) is 10.2 Å². The van der Waals surface area contributed by atoms with Crippen molar-refractivity contribution >= 4 is 29.3 Å². The van der Waals surface area contributed by atoms with E-state index in [9.17, 15) is 9.59 Å². The van der Waals surface area contributed by atoms with Crippen LogP contribution >= 0.6 is 11.8 Å². The Morgan fingerprint density at radius 1 is 1.03 bits per heavy atom. The standard InChI is InChI=1S/C24H21N5O3S/c1-2-32-23(31)17-8-6-10-19(14-17)26-21(30)16-33-24-28-27-22(18-9-7-13-25-15-18)29(24)20-11-4-3-5-12-20/h3-15H,2,16H2,1H3,(H,26,30). The van der Waals surface area contributed by atoms with Gasteiger partial charge in [-0.05, 0) is 49.4 Å². The number of thioether (sulfide) groups is 1. The first-order chi connectivity index (χ1) is 16.2. The smallest absolute Gasteiger partial charge is 0.338 e. The second kappa shape index (κ2) is 10.6. The molecular formula is C24H21N5O3S. The number of nitrogens with one attached hydrogen (secondary N) is 1. The van der Waals surface area contributed by atoms with Crippen molar-refractivity contribution in [1.29, 1.82) is 0 Å². The number of benzene rings is 2. The first-order valence-electron chi connectivity index (χ1n) is 10.3. The SMILES string of the molecule is CCOC(=O)c1cccc(NC(=O)CSc2nnc(-c3cccnc3)n2-c2ccccc2)c1. The fourth-order valence-corrected chi connectivity index (χ4v) is 3.87. The van der Waals surface area contributed by atoms with Gasteiger partial charge in [0.25, 0.3) is 0 Å². The van der Waals surface area contributed by atoms with Crippen LogP contribution in [0.2, 0.25) is 0 Å². The normalized spacial score (nSPS) is 10.6. The molecule has 0 atom stereocenters. The molecule has 0 saturated heterocycles. The van der Waals surface area contributed by atoms with Crippen molar-refractivity contribution < 1.29 is 14.3 Å². The lowest BCUT2D eigenvalue weighted by atomic mass is 10.2. The molecule has 4 rings (SSSR count). The summed E-state index contributed by atoms with van der Waals surface area (Å²) in [6, 6.07) is 20.1. The lowest BCUT2D eigenvalue weighted by Gasteiger charge is -2.10. The Morgan fingerprint density at radius 2 is 1.88 bits per heavy atom. The summed E-state index contributed by atoms with van der Waals surface area (Å²) < 4.78 is 6.91. The lowest BCUT2D eigenvalue weighted by molar-refractivity contribution is -0.113. The fraction of sp³-hybridized carbons (Fsp3) is 0.125. The molecule has 0 aliphatic carbocycles. The van der Waals surface area contributed by atoms with E-state index >= 15 is 0 Å². The van der Waals surface area contributed by atoms with E-state index in [-0.39, 0.29) is 18.3 Å². The van der Waals surface area contributed by atoms with Crippen LogP contribution in [0.1, 0.15) is 17.3 Å². The maximum Gasteiger partial charge on any atom is 0.338 e. The number of pyridine rings is 1. The molecule has 4 aromatic rings.